The lowest BCUT2D eigenvalue weighted by Crippen LogP contribution is -2.05. The largest absolute Gasteiger partial charge is 0.497 e. The van der Waals surface area contributed by atoms with E-state index in [2.05, 4.69) is 20.3 Å². The summed E-state index contributed by atoms with van der Waals surface area (Å²) in [6, 6.07) is 7.50. The standard InChI is InChI=1S/C13H16N4O3/c1-4-19-12-15-11(14-2)16-13(17-12)20-10-7-5-9(18-3)6-8-10/h5-8H,4H2,1-3H3,(H,14,15,16,17). The van der Waals surface area contributed by atoms with Crippen LogP contribution in [0.15, 0.2) is 24.3 Å². The highest BCUT2D eigenvalue weighted by atomic mass is 16.5. The number of ether oxygens (including phenoxy) is 3. The predicted molar refractivity (Wildman–Crippen MR) is 73.6 cm³/mol. The Morgan fingerprint density at radius 2 is 1.65 bits per heavy atom. The van der Waals surface area contributed by atoms with Gasteiger partial charge in [-0.1, -0.05) is 0 Å². The molecule has 1 heterocycles. The van der Waals surface area contributed by atoms with Crippen LogP contribution < -0.4 is 19.5 Å². The fraction of sp³-hybridized carbons (Fsp3) is 0.308. The number of nitrogens with zero attached hydrogens (tertiary/aromatic N) is 3. The van der Waals surface area contributed by atoms with E-state index in [0.29, 0.717) is 18.3 Å². The zero-order chi connectivity index (χ0) is 14.4. The molecule has 0 atom stereocenters. The van der Waals surface area contributed by atoms with Crippen molar-refractivity contribution in [3.05, 3.63) is 24.3 Å². The SMILES string of the molecule is CCOc1nc(NC)nc(Oc2ccc(OC)cc2)n1. The maximum atomic E-state index is 5.57. The van der Waals surface area contributed by atoms with Crippen LogP contribution in [0.3, 0.4) is 0 Å². The van der Waals surface area contributed by atoms with Gasteiger partial charge in [0.2, 0.25) is 5.95 Å². The first-order valence-electron chi connectivity index (χ1n) is 6.13. The Morgan fingerprint density at radius 3 is 2.25 bits per heavy atom. The molecule has 0 amide bonds. The summed E-state index contributed by atoms with van der Waals surface area (Å²) >= 11 is 0. The molecule has 0 saturated heterocycles. The summed E-state index contributed by atoms with van der Waals surface area (Å²) in [5.74, 6) is 1.73. The Bertz CT molecular complexity index is 560. The Morgan fingerprint density at radius 1 is 1.00 bits per heavy atom. The van der Waals surface area contributed by atoms with Gasteiger partial charge in [0.1, 0.15) is 11.5 Å². The smallest absolute Gasteiger partial charge is 0.330 e. The molecule has 0 aliphatic rings. The monoisotopic (exact) mass is 276 g/mol. The second kappa shape index (κ2) is 6.55. The summed E-state index contributed by atoms with van der Waals surface area (Å²) < 4.78 is 15.9. The number of hydrogen-bond acceptors (Lipinski definition) is 7. The van der Waals surface area contributed by atoms with Crippen LogP contribution in [-0.2, 0) is 0 Å². The van der Waals surface area contributed by atoms with Gasteiger partial charge in [-0.2, -0.15) is 9.97 Å². The Hall–Kier alpha value is -2.57. The number of nitrogens with one attached hydrogen (secondary N) is 1. The van der Waals surface area contributed by atoms with E-state index in [1.165, 1.54) is 0 Å². The van der Waals surface area contributed by atoms with Crippen LogP contribution in [0.5, 0.6) is 23.5 Å². The average molecular weight is 276 g/mol. The number of anilines is 1. The Kier molecular flexibility index (Phi) is 4.54. The zero-order valence-electron chi connectivity index (χ0n) is 11.6. The first-order chi connectivity index (χ1) is 9.75. The second-order valence-corrected chi connectivity index (χ2v) is 3.68. The molecule has 2 rings (SSSR count). The third-order valence-corrected chi connectivity index (χ3v) is 2.36. The molecule has 0 fully saturated rings. The van der Waals surface area contributed by atoms with Crippen LogP contribution in [0.25, 0.3) is 0 Å². The highest BCUT2D eigenvalue weighted by Gasteiger charge is 2.08. The van der Waals surface area contributed by atoms with E-state index >= 15 is 0 Å². The molecule has 0 aliphatic heterocycles. The number of hydrogen-bond donors (Lipinski definition) is 1. The molecule has 2 aromatic rings. The maximum absolute atomic E-state index is 5.57. The van der Waals surface area contributed by atoms with Crippen LogP contribution in [-0.4, -0.2) is 35.7 Å². The summed E-state index contributed by atoms with van der Waals surface area (Å²) in [4.78, 5) is 12.2. The van der Waals surface area contributed by atoms with Crippen LogP contribution in [0.4, 0.5) is 5.95 Å². The van der Waals surface area contributed by atoms with Gasteiger partial charge in [-0.3, -0.25) is 0 Å². The van der Waals surface area contributed by atoms with Gasteiger partial charge < -0.3 is 19.5 Å². The topological polar surface area (TPSA) is 78.4 Å². The van der Waals surface area contributed by atoms with Gasteiger partial charge in [-0.15, -0.1) is 4.98 Å². The van der Waals surface area contributed by atoms with Crippen molar-refractivity contribution in [3.8, 4) is 23.5 Å². The quantitative estimate of drug-likeness (QED) is 0.865. The molecule has 0 bridgehead atoms. The summed E-state index contributed by atoms with van der Waals surface area (Å²) in [7, 11) is 3.32. The third-order valence-electron chi connectivity index (χ3n) is 2.36. The molecule has 20 heavy (non-hydrogen) atoms. The van der Waals surface area contributed by atoms with Crippen molar-refractivity contribution in [2.75, 3.05) is 26.1 Å². The zero-order valence-corrected chi connectivity index (χ0v) is 11.6. The molecular weight excluding hydrogens is 260 g/mol. The first-order valence-corrected chi connectivity index (χ1v) is 6.13. The minimum absolute atomic E-state index is 0.165. The van der Waals surface area contributed by atoms with E-state index in [0.717, 1.165) is 5.75 Å². The van der Waals surface area contributed by atoms with Crippen LogP contribution in [0.2, 0.25) is 0 Å². The third kappa shape index (κ3) is 3.47. The van der Waals surface area contributed by atoms with Crippen molar-refractivity contribution in [2.24, 2.45) is 0 Å². The molecule has 106 valence electrons. The predicted octanol–water partition coefficient (Wildman–Crippen LogP) is 2.11. The highest BCUT2D eigenvalue weighted by molar-refractivity contribution is 5.34. The molecule has 1 aromatic carbocycles. The van der Waals surface area contributed by atoms with Gasteiger partial charge in [-0.05, 0) is 31.2 Å². The minimum Gasteiger partial charge on any atom is -0.497 e. The fourth-order valence-electron chi connectivity index (χ4n) is 1.44. The van der Waals surface area contributed by atoms with Crippen molar-refractivity contribution in [2.45, 2.75) is 6.92 Å². The lowest BCUT2D eigenvalue weighted by molar-refractivity contribution is 0.304. The van der Waals surface area contributed by atoms with E-state index in [-0.39, 0.29) is 12.0 Å². The summed E-state index contributed by atoms with van der Waals surface area (Å²) in [5.41, 5.74) is 0. The lowest BCUT2D eigenvalue weighted by Gasteiger charge is -2.08. The van der Waals surface area contributed by atoms with E-state index in [4.69, 9.17) is 14.2 Å². The molecule has 7 heteroatoms. The fourth-order valence-corrected chi connectivity index (χ4v) is 1.44. The molecule has 0 spiro atoms. The molecule has 7 nitrogen and oxygen atoms in total. The van der Waals surface area contributed by atoms with Crippen molar-refractivity contribution in [1.29, 1.82) is 0 Å². The average Bonchev–Trinajstić information content (AvgIpc) is 2.48. The number of aromatic nitrogens is 3. The first kappa shape index (κ1) is 13.9. The van der Waals surface area contributed by atoms with Gasteiger partial charge in [0.05, 0.1) is 13.7 Å². The Labute approximate surface area is 116 Å². The second-order valence-electron chi connectivity index (χ2n) is 3.68. The molecule has 1 aromatic heterocycles. The van der Waals surface area contributed by atoms with Crippen molar-refractivity contribution < 1.29 is 14.2 Å². The van der Waals surface area contributed by atoms with E-state index < -0.39 is 0 Å². The van der Waals surface area contributed by atoms with Gasteiger partial charge in [-0.25, -0.2) is 0 Å². The molecular formula is C13H16N4O3. The van der Waals surface area contributed by atoms with Crippen molar-refractivity contribution in [3.63, 3.8) is 0 Å². The van der Waals surface area contributed by atoms with E-state index in [1.807, 2.05) is 6.92 Å². The van der Waals surface area contributed by atoms with E-state index in [9.17, 15) is 0 Å². The molecule has 0 unspecified atom stereocenters. The minimum atomic E-state index is 0.165. The lowest BCUT2D eigenvalue weighted by atomic mass is 10.3. The van der Waals surface area contributed by atoms with Crippen LogP contribution in [0, 0.1) is 0 Å². The Balaban J connectivity index is 2.20. The number of rotatable bonds is 6. The summed E-state index contributed by atoms with van der Waals surface area (Å²) in [6.45, 7) is 2.32. The van der Waals surface area contributed by atoms with Crippen molar-refractivity contribution in [1.82, 2.24) is 15.0 Å². The molecule has 0 radical (unpaired) electrons. The van der Waals surface area contributed by atoms with E-state index in [1.54, 1.807) is 38.4 Å². The van der Waals surface area contributed by atoms with Gasteiger partial charge in [0.15, 0.2) is 0 Å². The summed E-state index contributed by atoms with van der Waals surface area (Å²) in [6.07, 6.45) is 0. The summed E-state index contributed by atoms with van der Waals surface area (Å²) in [5, 5.41) is 2.83. The van der Waals surface area contributed by atoms with Crippen molar-refractivity contribution >= 4 is 5.95 Å². The maximum Gasteiger partial charge on any atom is 0.330 e. The van der Waals surface area contributed by atoms with Gasteiger partial charge in [0.25, 0.3) is 0 Å². The van der Waals surface area contributed by atoms with Gasteiger partial charge in [0, 0.05) is 7.05 Å². The molecule has 1 N–H and O–H groups in total. The molecule has 0 saturated carbocycles. The highest BCUT2D eigenvalue weighted by Crippen LogP contribution is 2.22. The normalized spacial score (nSPS) is 9.95. The van der Waals surface area contributed by atoms with Gasteiger partial charge >= 0.3 is 12.0 Å². The molecule has 0 aliphatic carbocycles. The number of benzene rings is 1. The van der Waals surface area contributed by atoms with Crippen LogP contribution in [0.1, 0.15) is 6.92 Å². The number of methoxy groups -OCH3 is 1. The van der Waals surface area contributed by atoms with Crippen LogP contribution >= 0.6 is 0 Å².